The molecular formula is C29H36O6. The number of carbonyl (C=O) groups is 1. The zero-order valence-corrected chi connectivity index (χ0v) is 21.0. The van der Waals surface area contributed by atoms with E-state index < -0.39 is 11.6 Å². The Morgan fingerprint density at radius 2 is 1.54 bits per heavy atom. The first kappa shape index (κ1) is 26.3. The Balaban J connectivity index is 1.82. The van der Waals surface area contributed by atoms with Gasteiger partial charge in [-0.05, 0) is 44.5 Å². The molecule has 0 radical (unpaired) electrons. The highest BCUT2D eigenvalue weighted by molar-refractivity contribution is 5.97. The van der Waals surface area contributed by atoms with Crippen molar-refractivity contribution in [2.24, 2.45) is 0 Å². The van der Waals surface area contributed by atoms with Gasteiger partial charge in [-0.3, -0.25) is 0 Å². The lowest BCUT2D eigenvalue weighted by Crippen LogP contribution is -2.17. The van der Waals surface area contributed by atoms with Gasteiger partial charge in [-0.15, -0.1) is 0 Å². The minimum absolute atomic E-state index is 0.0188. The molecule has 0 atom stereocenters. The van der Waals surface area contributed by atoms with E-state index in [-0.39, 0.29) is 23.2 Å². The standard InChI is InChI=1S/C29H36O6/c1-4-5-6-7-8-9-10-14-20-32-23-18-15-19-24-25(23)26(27(29(31)34-24)33-21(2)3)35-28(30)22-16-12-11-13-17-22/h11-13,15-19,21H,4-10,14,20H2,1-3H3. The molecule has 0 saturated heterocycles. The van der Waals surface area contributed by atoms with Gasteiger partial charge in [0.2, 0.25) is 5.75 Å². The number of rotatable bonds is 14. The zero-order valence-electron chi connectivity index (χ0n) is 21.0. The second-order valence-corrected chi connectivity index (χ2v) is 8.92. The summed E-state index contributed by atoms with van der Waals surface area (Å²) in [6, 6.07) is 13.8. The maximum Gasteiger partial charge on any atom is 0.383 e. The van der Waals surface area contributed by atoms with Crippen LogP contribution in [0, 0.1) is 0 Å². The Morgan fingerprint density at radius 3 is 2.23 bits per heavy atom. The van der Waals surface area contributed by atoms with Crippen LogP contribution in [-0.2, 0) is 0 Å². The number of benzene rings is 2. The number of ether oxygens (including phenoxy) is 3. The van der Waals surface area contributed by atoms with E-state index in [9.17, 15) is 9.59 Å². The summed E-state index contributed by atoms with van der Waals surface area (Å²) in [5, 5.41) is 0.409. The molecule has 0 aliphatic rings. The van der Waals surface area contributed by atoms with E-state index in [1.165, 1.54) is 38.5 Å². The van der Waals surface area contributed by atoms with Gasteiger partial charge < -0.3 is 18.6 Å². The fourth-order valence-corrected chi connectivity index (χ4v) is 3.87. The third-order valence-electron chi connectivity index (χ3n) is 5.62. The maximum atomic E-state index is 12.9. The molecule has 0 bridgehead atoms. The Hall–Kier alpha value is -3.28. The van der Waals surface area contributed by atoms with Crippen LogP contribution in [0.25, 0.3) is 11.0 Å². The van der Waals surface area contributed by atoms with Gasteiger partial charge >= 0.3 is 11.6 Å². The van der Waals surface area contributed by atoms with Gasteiger partial charge in [0.05, 0.1) is 18.3 Å². The smallest absolute Gasteiger partial charge is 0.383 e. The molecule has 1 aromatic heterocycles. The summed E-state index contributed by atoms with van der Waals surface area (Å²) < 4.78 is 23.1. The first-order chi connectivity index (χ1) is 17.0. The first-order valence-corrected chi connectivity index (χ1v) is 12.7. The van der Waals surface area contributed by atoms with Crippen molar-refractivity contribution in [2.45, 2.75) is 78.2 Å². The molecular weight excluding hydrogens is 444 g/mol. The summed E-state index contributed by atoms with van der Waals surface area (Å²) in [6.07, 6.45) is 9.25. The minimum Gasteiger partial charge on any atom is -0.493 e. The molecule has 3 aromatic rings. The van der Waals surface area contributed by atoms with Crippen molar-refractivity contribution in [3.63, 3.8) is 0 Å². The van der Waals surface area contributed by atoms with Crippen molar-refractivity contribution in [2.75, 3.05) is 6.61 Å². The zero-order chi connectivity index (χ0) is 25.0. The van der Waals surface area contributed by atoms with Crippen LogP contribution in [0.3, 0.4) is 0 Å². The third kappa shape index (κ3) is 7.61. The number of hydrogen-bond acceptors (Lipinski definition) is 6. The summed E-state index contributed by atoms with van der Waals surface area (Å²) in [4.78, 5) is 25.6. The molecule has 188 valence electrons. The number of unbranched alkanes of at least 4 members (excludes halogenated alkanes) is 7. The van der Waals surface area contributed by atoms with E-state index in [2.05, 4.69) is 6.92 Å². The minimum atomic E-state index is -0.706. The van der Waals surface area contributed by atoms with Crippen LogP contribution in [0.15, 0.2) is 57.7 Å². The molecule has 6 nitrogen and oxygen atoms in total. The summed E-state index contributed by atoms with van der Waals surface area (Å²) in [6.45, 7) is 6.32. The van der Waals surface area contributed by atoms with Gasteiger partial charge in [-0.2, -0.15) is 0 Å². The lowest BCUT2D eigenvalue weighted by molar-refractivity contribution is 0.0726. The van der Waals surface area contributed by atoms with Crippen LogP contribution in [0.4, 0.5) is 0 Å². The van der Waals surface area contributed by atoms with Gasteiger partial charge in [0.15, 0.2) is 5.75 Å². The average Bonchev–Trinajstić information content (AvgIpc) is 2.85. The molecule has 0 fully saturated rings. The van der Waals surface area contributed by atoms with Crippen molar-refractivity contribution < 1.29 is 23.4 Å². The molecule has 1 heterocycles. The molecule has 6 heteroatoms. The lowest BCUT2D eigenvalue weighted by atomic mass is 10.1. The van der Waals surface area contributed by atoms with Crippen LogP contribution in [0.1, 0.15) is 82.5 Å². The van der Waals surface area contributed by atoms with E-state index in [1.54, 1.807) is 56.3 Å². The van der Waals surface area contributed by atoms with Crippen LogP contribution in [0.5, 0.6) is 17.2 Å². The fraction of sp³-hybridized carbons (Fsp3) is 0.448. The van der Waals surface area contributed by atoms with Crippen molar-refractivity contribution in [1.29, 1.82) is 0 Å². The number of carbonyl (C=O) groups excluding carboxylic acids is 1. The molecule has 35 heavy (non-hydrogen) atoms. The predicted octanol–water partition coefficient (Wildman–Crippen LogP) is 7.32. The maximum absolute atomic E-state index is 12.9. The van der Waals surface area contributed by atoms with E-state index in [0.717, 1.165) is 12.8 Å². The van der Waals surface area contributed by atoms with E-state index in [0.29, 0.717) is 23.3 Å². The Bertz CT molecular complexity index is 1130. The van der Waals surface area contributed by atoms with Gasteiger partial charge in [-0.1, -0.05) is 76.1 Å². The van der Waals surface area contributed by atoms with Crippen LogP contribution >= 0.6 is 0 Å². The Morgan fingerprint density at radius 1 is 0.857 bits per heavy atom. The Kier molecular flexibility index (Phi) is 10.2. The van der Waals surface area contributed by atoms with Gasteiger partial charge in [0.25, 0.3) is 0 Å². The summed E-state index contributed by atoms with van der Waals surface area (Å²) in [7, 11) is 0. The quantitative estimate of drug-likeness (QED) is 0.137. The topological polar surface area (TPSA) is 75.0 Å². The normalized spacial score (nSPS) is 11.1. The SMILES string of the molecule is CCCCCCCCCCOc1cccc2oc(=O)c(OC(C)C)c(OC(=O)c3ccccc3)c12. The molecule has 0 aliphatic heterocycles. The number of esters is 1. The van der Waals surface area contributed by atoms with E-state index >= 15 is 0 Å². The van der Waals surface area contributed by atoms with Crippen molar-refractivity contribution >= 4 is 16.9 Å². The molecule has 0 amide bonds. The third-order valence-corrected chi connectivity index (χ3v) is 5.62. The highest BCUT2D eigenvalue weighted by Gasteiger charge is 2.24. The van der Waals surface area contributed by atoms with E-state index in [1.807, 2.05) is 6.07 Å². The van der Waals surface area contributed by atoms with Gasteiger partial charge in [0.1, 0.15) is 16.7 Å². The largest absolute Gasteiger partial charge is 0.493 e. The molecule has 0 saturated carbocycles. The second-order valence-electron chi connectivity index (χ2n) is 8.92. The molecule has 2 aromatic carbocycles. The average molecular weight is 481 g/mol. The summed E-state index contributed by atoms with van der Waals surface area (Å²) in [5.41, 5.74) is -0.0700. The van der Waals surface area contributed by atoms with Crippen molar-refractivity contribution in [3.8, 4) is 17.2 Å². The van der Waals surface area contributed by atoms with Gasteiger partial charge in [0, 0.05) is 0 Å². The molecule has 0 unspecified atom stereocenters. The molecule has 0 N–H and O–H groups in total. The molecule has 0 spiro atoms. The van der Waals surface area contributed by atoms with Crippen molar-refractivity contribution in [1.82, 2.24) is 0 Å². The van der Waals surface area contributed by atoms with Crippen LogP contribution < -0.4 is 19.8 Å². The summed E-state index contributed by atoms with van der Waals surface area (Å²) in [5.74, 6) is -0.229. The lowest BCUT2D eigenvalue weighted by Gasteiger charge is -2.16. The first-order valence-electron chi connectivity index (χ1n) is 12.7. The number of hydrogen-bond donors (Lipinski definition) is 0. The van der Waals surface area contributed by atoms with Crippen LogP contribution in [0.2, 0.25) is 0 Å². The highest BCUT2D eigenvalue weighted by Crippen LogP contribution is 2.39. The highest BCUT2D eigenvalue weighted by atomic mass is 16.6. The molecule has 3 rings (SSSR count). The number of fused-ring (bicyclic) bond motifs is 1. The van der Waals surface area contributed by atoms with Crippen LogP contribution in [-0.4, -0.2) is 18.7 Å². The van der Waals surface area contributed by atoms with Crippen molar-refractivity contribution in [3.05, 3.63) is 64.5 Å². The Labute approximate surface area is 207 Å². The van der Waals surface area contributed by atoms with Gasteiger partial charge in [-0.25, -0.2) is 9.59 Å². The molecule has 0 aliphatic carbocycles. The van der Waals surface area contributed by atoms with E-state index in [4.69, 9.17) is 18.6 Å². The predicted molar refractivity (Wildman–Crippen MR) is 138 cm³/mol. The summed E-state index contributed by atoms with van der Waals surface area (Å²) >= 11 is 0. The second kappa shape index (κ2) is 13.6. The monoisotopic (exact) mass is 480 g/mol. The fourth-order valence-electron chi connectivity index (χ4n) is 3.87.